The third-order valence-corrected chi connectivity index (χ3v) is 3.36. The minimum Gasteiger partial charge on any atom is -0.322 e. The maximum absolute atomic E-state index is 12.2. The van der Waals surface area contributed by atoms with Gasteiger partial charge in [0.2, 0.25) is 0 Å². The molecule has 22 heavy (non-hydrogen) atoms. The van der Waals surface area contributed by atoms with Gasteiger partial charge in [0.25, 0.3) is 5.91 Å². The first-order valence-electron chi connectivity index (χ1n) is 6.53. The SMILES string of the molecule is Cn1nnnc1-c1cccc(NC(=O)c2ccc(Cl)cc2)c1. The zero-order valence-electron chi connectivity index (χ0n) is 11.7. The fourth-order valence-electron chi connectivity index (χ4n) is 2.01. The average Bonchev–Trinajstić information content (AvgIpc) is 2.94. The topological polar surface area (TPSA) is 72.7 Å². The minimum atomic E-state index is -0.204. The highest BCUT2D eigenvalue weighted by atomic mass is 35.5. The zero-order chi connectivity index (χ0) is 15.5. The summed E-state index contributed by atoms with van der Waals surface area (Å²) in [5, 5.41) is 14.8. The molecule has 0 aliphatic carbocycles. The number of rotatable bonds is 3. The van der Waals surface area contributed by atoms with E-state index >= 15 is 0 Å². The Morgan fingerprint density at radius 3 is 2.64 bits per heavy atom. The van der Waals surface area contributed by atoms with Crippen molar-refractivity contribution in [3.05, 3.63) is 59.1 Å². The van der Waals surface area contributed by atoms with Gasteiger partial charge in [0.05, 0.1) is 0 Å². The van der Waals surface area contributed by atoms with Gasteiger partial charge in [0, 0.05) is 28.9 Å². The van der Waals surface area contributed by atoms with Crippen LogP contribution in [0.2, 0.25) is 5.02 Å². The number of benzene rings is 2. The molecule has 3 aromatic rings. The van der Waals surface area contributed by atoms with Gasteiger partial charge in [-0.15, -0.1) is 5.10 Å². The van der Waals surface area contributed by atoms with Crippen LogP contribution < -0.4 is 5.32 Å². The summed E-state index contributed by atoms with van der Waals surface area (Å²) in [5.74, 6) is 0.424. The molecule has 1 amide bonds. The maximum Gasteiger partial charge on any atom is 0.255 e. The van der Waals surface area contributed by atoms with Crippen molar-refractivity contribution in [2.45, 2.75) is 0 Å². The molecule has 1 aromatic heterocycles. The van der Waals surface area contributed by atoms with Gasteiger partial charge in [-0.3, -0.25) is 4.79 Å². The molecule has 0 saturated carbocycles. The number of aromatic nitrogens is 4. The van der Waals surface area contributed by atoms with Crippen LogP contribution >= 0.6 is 11.6 Å². The van der Waals surface area contributed by atoms with Gasteiger partial charge >= 0.3 is 0 Å². The van der Waals surface area contributed by atoms with E-state index in [0.717, 1.165) is 5.56 Å². The molecule has 2 aromatic carbocycles. The minimum absolute atomic E-state index is 0.204. The van der Waals surface area contributed by atoms with Gasteiger partial charge in [-0.25, -0.2) is 4.68 Å². The Labute approximate surface area is 131 Å². The molecule has 0 aliphatic rings. The number of nitrogens with zero attached hydrogens (tertiary/aromatic N) is 4. The summed E-state index contributed by atoms with van der Waals surface area (Å²) in [7, 11) is 1.76. The van der Waals surface area contributed by atoms with E-state index in [0.29, 0.717) is 22.1 Å². The van der Waals surface area contributed by atoms with Crippen LogP contribution in [0, 0.1) is 0 Å². The van der Waals surface area contributed by atoms with Crippen molar-refractivity contribution in [3.63, 3.8) is 0 Å². The number of amides is 1. The van der Waals surface area contributed by atoms with Gasteiger partial charge in [-0.1, -0.05) is 23.7 Å². The third kappa shape index (κ3) is 2.96. The molecule has 0 unspecified atom stereocenters. The van der Waals surface area contributed by atoms with E-state index < -0.39 is 0 Å². The standard InChI is InChI=1S/C15H12ClN5O/c1-21-14(18-19-20-21)11-3-2-4-13(9-11)17-15(22)10-5-7-12(16)8-6-10/h2-9H,1H3,(H,17,22). The van der Waals surface area contributed by atoms with Gasteiger partial charge in [-0.2, -0.15) is 0 Å². The highest BCUT2D eigenvalue weighted by Crippen LogP contribution is 2.20. The summed E-state index contributed by atoms with van der Waals surface area (Å²) < 4.78 is 1.57. The Balaban J connectivity index is 1.82. The molecule has 0 radical (unpaired) electrons. The first-order chi connectivity index (χ1) is 10.6. The van der Waals surface area contributed by atoms with Gasteiger partial charge in [0.1, 0.15) is 0 Å². The van der Waals surface area contributed by atoms with Crippen LogP contribution in [0.15, 0.2) is 48.5 Å². The molecular formula is C15H12ClN5O. The highest BCUT2D eigenvalue weighted by Gasteiger charge is 2.09. The molecule has 0 bridgehead atoms. The molecule has 1 heterocycles. The summed E-state index contributed by atoms with van der Waals surface area (Å²) in [6, 6.07) is 14.0. The number of tetrazole rings is 1. The monoisotopic (exact) mass is 313 g/mol. The second kappa shape index (κ2) is 5.95. The summed E-state index contributed by atoms with van der Waals surface area (Å²) in [6.45, 7) is 0. The molecule has 0 spiro atoms. The van der Waals surface area contributed by atoms with Crippen LogP contribution in [0.25, 0.3) is 11.4 Å². The molecule has 1 N–H and O–H groups in total. The van der Waals surface area contributed by atoms with Crippen LogP contribution in [0.5, 0.6) is 0 Å². The highest BCUT2D eigenvalue weighted by molar-refractivity contribution is 6.30. The molecule has 0 aliphatic heterocycles. The van der Waals surface area contributed by atoms with Gasteiger partial charge < -0.3 is 5.32 Å². The molecule has 3 rings (SSSR count). The van der Waals surface area contributed by atoms with E-state index in [1.165, 1.54) is 0 Å². The zero-order valence-corrected chi connectivity index (χ0v) is 12.4. The van der Waals surface area contributed by atoms with E-state index in [-0.39, 0.29) is 5.91 Å². The van der Waals surface area contributed by atoms with E-state index in [2.05, 4.69) is 20.8 Å². The molecular weight excluding hydrogens is 302 g/mol. The summed E-state index contributed by atoms with van der Waals surface area (Å²) in [6.07, 6.45) is 0. The summed E-state index contributed by atoms with van der Waals surface area (Å²) in [4.78, 5) is 12.2. The predicted molar refractivity (Wildman–Crippen MR) is 83.6 cm³/mol. The molecule has 7 heteroatoms. The van der Waals surface area contributed by atoms with Crippen molar-refractivity contribution in [3.8, 4) is 11.4 Å². The molecule has 0 fully saturated rings. The molecule has 0 atom stereocenters. The quantitative estimate of drug-likeness (QED) is 0.807. The lowest BCUT2D eigenvalue weighted by Crippen LogP contribution is -2.11. The smallest absolute Gasteiger partial charge is 0.255 e. The van der Waals surface area contributed by atoms with Crippen molar-refractivity contribution in [1.82, 2.24) is 20.2 Å². The Morgan fingerprint density at radius 1 is 1.18 bits per heavy atom. The van der Waals surface area contributed by atoms with Crippen LogP contribution in [0.3, 0.4) is 0 Å². The number of halogens is 1. The Kier molecular flexibility index (Phi) is 3.84. The van der Waals surface area contributed by atoms with Crippen LogP contribution in [0.4, 0.5) is 5.69 Å². The van der Waals surface area contributed by atoms with E-state index in [9.17, 15) is 4.79 Å². The van der Waals surface area contributed by atoms with Crippen molar-refractivity contribution in [2.75, 3.05) is 5.32 Å². The number of hydrogen-bond donors (Lipinski definition) is 1. The van der Waals surface area contributed by atoms with Crippen molar-refractivity contribution < 1.29 is 4.79 Å². The van der Waals surface area contributed by atoms with E-state index in [4.69, 9.17) is 11.6 Å². The average molecular weight is 314 g/mol. The second-order valence-electron chi connectivity index (χ2n) is 4.67. The number of nitrogens with one attached hydrogen (secondary N) is 1. The summed E-state index contributed by atoms with van der Waals surface area (Å²) in [5.41, 5.74) is 2.02. The second-order valence-corrected chi connectivity index (χ2v) is 5.10. The van der Waals surface area contributed by atoms with Crippen LogP contribution in [0.1, 0.15) is 10.4 Å². The third-order valence-electron chi connectivity index (χ3n) is 3.11. The predicted octanol–water partition coefficient (Wildman–Crippen LogP) is 2.78. The van der Waals surface area contributed by atoms with Crippen molar-refractivity contribution in [1.29, 1.82) is 0 Å². The largest absolute Gasteiger partial charge is 0.322 e. The van der Waals surface area contributed by atoms with E-state index in [1.54, 1.807) is 42.1 Å². The molecule has 6 nitrogen and oxygen atoms in total. The van der Waals surface area contributed by atoms with Gasteiger partial charge in [-0.05, 0) is 46.8 Å². The van der Waals surface area contributed by atoms with Gasteiger partial charge in [0.15, 0.2) is 5.82 Å². The lowest BCUT2D eigenvalue weighted by atomic mass is 10.1. The first kappa shape index (κ1) is 14.2. The number of carbonyl (C=O) groups is 1. The fourth-order valence-corrected chi connectivity index (χ4v) is 2.14. The maximum atomic E-state index is 12.2. The Bertz CT molecular complexity index is 813. The van der Waals surface area contributed by atoms with Crippen LogP contribution in [-0.2, 0) is 7.05 Å². The normalized spacial score (nSPS) is 10.5. The molecule has 110 valence electrons. The van der Waals surface area contributed by atoms with Crippen LogP contribution in [-0.4, -0.2) is 26.1 Å². The Hall–Kier alpha value is -2.73. The lowest BCUT2D eigenvalue weighted by Gasteiger charge is -2.07. The first-order valence-corrected chi connectivity index (χ1v) is 6.91. The lowest BCUT2D eigenvalue weighted by molar-refractivity contribution is 0.102. The van der Waals surface area contributed by atoms with Crippen molar-refractivity contribution in [2.24, 2.45) is 7.05 Å². The molecule has 0 saturated heterocycles. The number of carbonyl (C=O) groups excluding carboxylic acids is 1. The number of anilines is 1. The van der Waals surface area contributed by atoms with E-state index in [1.807, 2.05) is 18.2 Å². The Morgan fingerprint density at radius 2 is 1.95 bits per heavy atom. The fraction of sp³-hybridized carbons (Fsp3) is 0.0667. The number of hydrogen-bond acceptors (Lipinski definition) is 4. The summed E-state index contributed by atoms with van der Waals surface area (Å²) >= 11 is 5.82. The number of aryl methyl sites for hydroxylation is 1. The van der Waals surface area contributed by atoms with Crippen molar-refractivity contribution >= 4 is 23.2 Å².